The van der Waals surface area contributed by atoms with Crippen molar-refractivity contribution in [2.24, 2.45) is 5.10 Å². The molecule has 1 amide bonds. The number of benzene rings is 2. The highest BCUT2D eigenvalue weighted by Gasteiger charge is 2.14. The number of hydrogen-bond acceptors (Lipinski definition) is 4. The number of rotatable bonds is 4. The Balaban J connectivity index is 2.14. The quantitative estimate of drug-likeness (QED) is 0.656. The lowest BCUT2D eigenvalue weighted by Gasteiger charge is -2.18. The van der Waals surface area contributed by atoms with Gasteiger partial charge >= 0.3 is 0 Å². The highest BCUT2D eigenvalue weighted by atomic mass is 16.5. The number of nitrogens with zero attached hydrogens (tertiary/aromatic N) is 1. The predicted molar refractivity (Wildman–Crippen MR) is 99.5 cm³/mol. The number of ether oxygens (including phenoxy) is 1. The number of hydrogen-bond donors (Lipinski definition) is 2. The van der Waals surface area contributed by atoms with Crippen molar-refractivity contribution in [3.05, 3.63) is 59.2 Å². The van der Waals surface area contributed by atoms with Crippen LogP contribution in [0.25, 0.3) is 0 Å². The summed E-state index contributed by atoms with van der Waals surface area (Å²) in [6.45, 7) is 8.07. The van der Waals surface area contributed by atoms with Crippen molar-refractivity contribution < 1.29 is 14.6 Å². The van der Waals surface area contributed by atoms with E-state index in [1.54, 1.807) is 38.3 Å². The number of carbonyl (C=O) groups excluding carboxylic acids is 1. The van der Waals surface area contributed by atoms with Crippen LogP contribution in [0.5, 0.6) is 11.5 Å². The molecule has 0 atom stereocenters. The maximum Gasteiger partial charge on any atom is 0.271 e. The zero-order chi connectivity index (χ0) is 18.6. The Morgan fingerprint density at radius 2 is 1.76 bits per heavy atom. The van der Waals surface area contributed by atoms with Gasteiger partial charge in [0.25, 0.3) is 5.91 Å². The van der Waals surface area contributed by atoms with E-state index in [0.717, 1.165) is 5.56 Å². The Kier molecular flexibility index (Phi) is 5.47. The number of methoxy groups -OCH3 is 1. The van der Waals surface area contributed by atoms with Gasteiger partial charge in [-0.1, -0.05) is 32.9 Å². The number of phenols is 1. The van der Waals surface area contributed by atoms with E-state index in [0.29, 0.717) is 22.6 Å². The molecular weight excluding hydrogens is 316 g/mol. The molecule has 0 fully saturated rings. The van der Waals surface area contributed by atoms with Crippen LogP contribution in [-0.4, -0.2) is 23.8 Å². The molecule has 132 valence electrons. The van der Waals surface area contributed by atoms with Crippen LogP contribution in [0.2, 0.25) is 0 Å². The second-order valence-electron chi connectivity index (χ2n) is 6.85. The molecule has 0 heterocycles. The minimum absolute atomic E-state index is 0.0354. The molecule has 2 aromatic rings. The van der Waals surface area contributed by atoms with E-state index >= 15 is 0 Å². The number of aromatic hydroxyl groups is 1. The average molecular weight is 340 g/mol. The topological polar surface area (TPSA) is 70.9 Å². The normalized spacial score (nSPS) is 12.0. The van der Waals surface area contributed by atoms with Crippen molar-refractivity contribution in [2.75, 3.05) is 7.11 Å². The number of amides is 1. The van der Waals surface area contributed by atoms with E-state index in [9.17, 15) is 9.90 Å². The van der Waals surface area contributed by atoms with Gasteiger partial charge in [0.1, 0.15) is 11.5 Å². The van der Waals surface area contributed by atoms with Crippen LogP contribution in [0, 0.1) is 0 Å². The molecule has 2 rings (SSSR count). The van der Waals surface area contributed by atoms with Gasteiger partial charge in [-0.05, 0) is 48.2 Å². The summed E-state index contributed by atoms with van der Waals surface area (Å²) in [7, 11) is 1.55. The van der Waals surface area contributed by atoms with Crippen LogP contribution in [0.4, 0.5) is 0 Å². The molecule has 0 radical (unpaired) electrons. The van der Waals surface area contributed by atoms with E-state index in [4.69, 9.17) is 4.74 Å². The summed E-state index contributed by atoms with van der Waals surface area (Å²) < 4.78 is 5.14. The van der Waals surface area contributed by atoms with Gasteiger partial charge < -0.3 is 9.84 Å². The second-order valence-corrected chi connectivity index (χ2v) is 6.85. The van der Waals surface area contributed by atoms with Gasteiger partial charge in [0.2, 0.25) is 0 Å². The van der Waals surface area contributed by atoms with Gasteiger partial charge in [-0.15, -0.1) is 0 Å². The van der Waals surface area contributed by atoms with Crippen LogP contribution in [-0.2, 0) is 5.41 Å². The molecule has 0 saturated heterocycles. The molecule has 0 aliphatic rings. The molecule has 2 aromatic carbocycles. The van der Waals surface area contributed by atoms with E-state index in [1.165, 1.54) is 6.07 Å². The first-order valence-electron chi connectivity index (χ1n) is 8.05. The molecule has 0 aliphatic heterocycles. The maximum atomic E-state index is 12.2. The van der Waals surface area contributed by atoms with Crippen LogP contribution >= 0.6 is 0 Å². The fraction of sp³-hybridized carbons (Fsp3) is 0.300. The monoisotopic (exact) mass is 340 g/mol. The smallest absolute Gasteiger partial charge is 0.271 e. The zero-order valence-corrected chi connectivity index (χ0v) is 15.3. The summed E-state index contributed by atoms with van der Waals surface area (Å²) in [5.74, 6) is 0.375. The first-order chi connectivity index (χ1) is 11.7. The van der Waals surface area contributed by atoms with Crippen molar-refractivity contribution in [3.63, 3.8) is 0 Å². The van der Waals surface area contributed by atoms with Crippen molar-refractivity contribution in [1.29, 1.82) is 0 Å². The molecule has 0 aliphatic carbocycles. The first-order valence-corrected chi connectivity index (χ1v) is 8.05. The SMILES string of the molecule is COc1ccc(O)c(/C(C)=N/NC(=O)c2ccc(C(C)(C)C)cc2)c1. The first kappa shape index (κ1) is 18.5. The Bertz CT molecular complexity index is 788. The highest BCUT2D eigenvalue weighted by molar-refractivity contribution is 6.02. The highest BCUT2D eigenvalue weighted by Crippen LogP contribution is 2.24. The van der Waals surface area contributed by atoms with Gasteiger partial charge in [-0.2, -0.15) is 5.10 Å². The molecular formula is C20H24N2O3. The fourth-order valence-electron chi connectivity index (χ4n) is 2.31. The van der Waals surface area contributed by atoms with Crippen molar-refractivity contribution in [3.8, 4) is 11.5 Å². The number of carbonyl (C=O) groups is 1. The van der Waals surface area contributed by atoms with Gasteiger partial charge in [0.15, 0.2) is 0 Å². The number of nitrogens with one attached hydrogen (secondary N) is 1. The van der Waals surface area contributed by atoms with E-state index < -0.39 is 0 Å². The second kappa shape index (κ2) is 7.38. The summed E-state index contributed by atoms with van der Waals surface area (Å²) in [4.78, 5) is 12.2. The Morgan fingerprint density at radius 3 is 2.32 bits per heavy atom. The van der Waals surface area contributed by atoms with Gasteiger partial charge in [-0.3, -0.25) is 4.79 Å². The summed E-state index contributed by atoms with van der Waals surface area (Å²) in [6.07, 6.45) is 0. The summed E-state index contributed by atoms with van der Waals surface area (Å²) in [6, 6.07) is 12.3. The summed E-state index contributed by atoms with van der Waals surface area (Å²) in [5.41, 5.74) is 5.22. The maximum absolute atomic E-state index is 12.2. The van der Waals surface area contributed by atoms with Crippen LogP contribution < -0.4 is 10.2 Å². The van der Waals surface area contributed by atoms with E-state index in [-0.39, 0.29) is 17.1 Å². The van der Waals surface area contributed by atoms with Gasteiger partial charge in [0, 0.05) is 11.1 Å². The molecule has 0 unspecified atom stereocenters. The van der Waals surface area contributed by atoms with Gasteiger partial charge in [0.05, 0.1) is 12.8 Å². The van der Waals surface area contributed by atoms with Crippen molar-refractivity contribution >= 4 is 11.6 Å². The standard InChI is InChI=1S/C20H24N2O3/c1-13(17-12-16(25-5)10-11-18(17)23)21-22-19(24)14-6-8-15(9-7-14)20(2,3)4/h6-12,23H,1-5H3,(H,22,24)/b21-13+. The third-order valence-corrected chi connectivity index (χ3v) is 3.93. The zero-order valence-electron chi connectivity index (χ0n) is 15.3. The molecule has 0 bridgehead atoms. The lowest BCUT2D eigenvalue weighted by molar-refractivity contribution is 0.0954. The lowest BCUT2D eigenvalue weighted by Crippen LogP contribution is -2.20. The Hall–Kier alpha value is -2.82. The Labute approximate surface area is 148 Å². The molecule has 5 nitrogen and oxygen atoms in total. The third kappa shape index (κ3) is 4.59. The summed E-state index contributed by atoms with van der Waals surface area (Å²) >= 11 is 0. The van der Waals surface area contributed by atoms with E-state index in [1.807, 2.05) is 12.1 Å². The molecule has 0 spiro atoms. The fourth-order valence-corrected chi connectivity index (χ4v) is 2.31. The van der Waals surface area contributed by atoms with Crippen LogP contribution in [0.15, 0.2) is 47.6 Å². The largest absolute Gasteiger partial charge is 0.507 e. The molecule has 0 aromatic heterocycles. The molecule has 2 N–H and O–H groups in total. The van der Waals surface area contributed by atoms with E-state index in [2.05, 4.69) is 31.3 Å². The molecule has 0 saturated carbocycles. The van der Waals surface area contributed by atoms with Crippen LogP contribution in [0.1, 0.15) is 49.2 Å². The average Bonchev–Trinajstić information content (AvgIpc) is 2.59. The number of phenolic OH excluding ortho intramolecular Hbond substituents is 1. The third-order valence-electron chi connectivity index (χ3n) is 3.93. The van der Waals surface area contributed by atoms with Gasteiger partial charge in [-0.25, -0.2) is 5.43 Å². The minimum atomic E-state index is -0.304. The minimum Gasteiger partial charge on any atom is -0.507 e. The molecule has 25 heavy (non-hydrogen) atoms. The molecule has 5 heteroatoms. The van der Waals surface area contributed by atoms with Crippen molar-refractivity contribution in [2.45, 2.75) is 33.1 Å². The Morgan fingerprint density at radius 1 is 1.12 bits per heavy atom. The predicted octanol–water partition coefficient (Wildman–Crippen LogP) is 3.85. The summed E-state index contributed by atoms with van der Waals surface area (Å²) in [5, 5.41) is 14.0. The van der Waals surface area contributed by atoms with Crippen LogP contribution in [0.3, 0.4) is 0 Å². The number of hydrazone groups is 1. The lowest BCUT2D eigenvalue weighted by atomic mass is 9.87. The van der Waals surface area contributed by atoms with Crippen molar-refractivity contribution in [1.82, 2.24) is 5.43 Å².